The maximum absolute atomic E-state index is 10.2. The quantitative estimate of drug-likeness (QED) is 0.491. The first-order valence-corrected chi connectivity index (χ1v) is 8.66. The third-order valence-corrected chi connectivity index (χ3v) is 5.01. The van der Waals surface area contributed by atoms with Gasteiger partial charge in [0.1, 0.15) is 0 Å². The van der Waals surface area contributed by atoms with E-state index < -0.39 is 18.3 Å². The summed E-state index contributed by atoms with van der Waals surface area (Å²) in [4.78, 5) is 2.11. The molecule has 2 fully saturated rings. The fraction of sp³-hybridized carbons (Fsp3) is 1.00. The van der Waals surface area contributed by atoms with E-state index in [1.54, 1.807) is 0 Å². The lowest BCUT2D eigenvalue weighted by molar-refractivity contribution is -0.101. The molecule has 21 heavy (non-hydrogen) atoms. The largest absolute Gasteiger partial charge is 0.391 e. The maximum atomic E-state index is 10.2. The number of fused-ring (bicyclic) bond motifs is 1. The zero-order valence-electron chi connectivity index (χ0n) is 13.2. The van der Waals surface area contributed by atoms with Gasteiger partial charge >= 0.3 is 0 Å². The van der Waals surface area contributed by atoms with E-state index in [0.717, 1.165) is 26.1 Å². The number of rotatable bonds is 8. The third kappa shape index (κ3) is 4.39. The number of aliphatic hydroxyl groups is 3. The lowest BCUT2D eigenvalue weighted by Gasteiger charge is -2.43. The van der Waals surface area contributed by atoms with Gasteiger partial charge in [0.15, 0.2) is 0 Å². The molecule has 5 nitrogen and oxygen atoms in total. The minimum atomic E-state index is -0.849. The van der Waals surface area contributed by atoms with Crippen molar-refractivity contribution in [2.45, 2.75) is 82.3 Å². The van der Waals surface area contributed by atoms with Crippen LogP contribution >= 0.6 is 0 Å². The molecule has 0 aromatic rings. The Morgan fingerprint density at radius 1 is 1.00 bits per heavy atom. The molecule has 2 heterocycles. The highest BCUT2D eigenvalue weighted by Crippen LogP contribution is 2.28. The molecule has 0 unspecified atom stereocenters. The zero-order chi connectivity index (χ0) is 15.2. The Kier molecular flexibility index (Phi) is 6.89. The zero-order valence-corrected chi connectivity index (χ0v) is 13.2. The van der Waals surface area contributed by atoms with Crippen molar-refractivity contribution in [3.63, 3.8) is 0 Å². The van der Waals surface area contributed by atoms with Crippen molar-refractivity contribution in [2.24, 2.45) is 0 Å². The smallest absolute Gasteiger partial charge is 0.0994 e. The normalized spacial score (nSPS) is 36.9. The summed E-state index contributed by atoms with van der Waals surface area (Å²) in [7, 11) is 0. The first kappa shape index (κ1) is 17.2. The molecule has 0 bridgehead atoms. The number of aliphatic hydroxyl groups excluding tert-OH is 3. The fourth-order valence-electron chi connectivity index (χ4n) is 3.70. The van der Waals surface area contributed by atoms with Gasteiger partial charge in [-0.2, -0.15) is 0 Å². The second kappa shape index (κ2) is 8.44. The third-order valence-electron chi connectivity index (χ3n) is 5.01. The molecule has 0 spiro atoms. The van der Waals surface area contributed by atoms with Crippen molar-refractivity contribution in [1.29, 1.82) is 0 Å². The van der Waals surface area contributed by atoms with E-state index in [2.05, 4.69) is 17.1 Å². The van der Waals surface area contributed by atoms with Crippen LogP contribution in [0.4, 0.5) is 0 Å². The van der Waals surface area contributed by atoms with Gasteiger partial charge in [-0.1, -0.05) is 39.0 Å². The van der Waals surface area contributed by atoms with E-state index >= 15 is 0 Å². The lowest BCUT2D eigenvalue weighted by Crippen LogP contribution is -2.65. The number of unbranched alkanes of at least 4 members (excludes halogenated alkanes) is 5. The van der Waals surface area contributed by atoms with Crippen LogP contribution in [-0.4, -0.2) is 70.2 Å². The summed E-state index contributed by atoms with van der Waals surface area (Å²) >= 11 is 0. The highest BCUT2D eigenvalue weighted by atomic mass is 16.3. The molecule has 2 rings (SSSR count). The maximum Gasteiger partial charge on any atom is 0.0994 e. The van der Waals surface area contributed by atoms with Gasteiger partial charge in [-0.3, -0.25) is 4.90 Å². The van der Waals surface area contributed by atoms with Crippen molar-refractivity contribution in [1.82, 2.24) is 10.2 Å². The van der Waals surface area contributed by atoms with Crippen molar-refractivity contribution in [2.75, 3.05) is 19.6 Å². The first-order valence-electron chi connectivity index (χ1n) is 8.66. The number of nitrogens with one attached hydrogen (secondary N) is 1. The molecule has 2 aliphatic heterocycles. The summed E-state index contributed by atoms with van der Waals surface area (Å²) in [6.45, 7) is 4.64. The van der Waals surface area contributed by atoms with Crippen LogP contribution in [0.2, 0.25) is 0 Å². The Hall–Kier alpha value is -0.200. The molecule has 2 saturated heterocycles. The van der Waals surface area contributed by atoms with Crippen LogP contribution in [-0.2, 0) is 0 Å². The van der Waals surface area contributed by atoms with Crippen LogP contribution in [0.15, 0.2) is 0 Å². The Morgan fingerprint density at radius 3 is 2.48 bits per heavy atom. The SMILES string of the molecule is CCCCCCCCN[C@H]1CN2CC[C@H](O)[C@@H]2[C@@H](O)[C@@H]1O. The van der Waals surface area contributed by atoms with E-state index in [1.165, 1.54) is 32.1 Å². The number of hydrogen-bond acceptors (Lipinski definition) is 5. The molecule has 0 amide bonds. The number of nitrogens with zero attached hydrogens (tertiary/aromatic N) is 1. The van der Waals surface area contributed by atoms with Crippen LogP contribution in [0.25, 0.3) is 0 Å². The van der Waals surface area contributed by atoms with Crippen LogP contribution in [0.5, 0.6) is 0 Å². The van der Waals surface area contributed by atoms with E-state index in [4.69, 9.17) is 0 Å². The highest BCUT2D eigenvalue weighted by molar-refractivity contribution is 5.03. The standard InChI is InChI=1S/C16H32N2O3/c1-2-3-4-5-6-7-9-17-12-11-18-10-8-13(19)14(18)16(21)15(12)20/h12-17,19-21H,2-11H2,1H3/t12-,13-,14+,15+,16+/m0/s1. The lowest BCUT2D eigenvalue weighted by atomic mass is 9.91. The van der Waals surface area contributed by atoms with Gasteiger partial charge in [0.2, 0.25) is 0 Å². The molecular formula is C16H32N2O3. The molecule has 124 valence electrons. The number of piperidine rings is 1. The van der Waals surface area contributed by atoms with Gasteiger partial charge in [0.05, 0.1) is 24.4 Å². The summed E-state index contributed by atoms with van der Waals surface area (Å²) in [5.41, 5.74) is 0. The molecule has 0 aliphatic carbocycles. The summed E-state index contributed by atoms with van der Waals surface area (Å²) in [6.07, 6.45) is 6.09. The molecule has 0 saturated carbocycles. The second-order valence-electron chi connectivity index (χ2n) is 6.65. The summed E-state index contributed by atoms with van der Waals surface area (Å²) < 4.78 is 0. The van der Waals surface area contributed by atoms with Crippen LogP contribution in [0.1, 0.15) is 51.9 Å². The van der Waals surface area contributed by atoms with Crippen LogP contribution < -0.4 is 5.32 Å². The average molecular weight is 300 g/mol. The Labute approximate surface area is 128 Å². The molecule has 2 aliphatic rings. The summed E-state index contributed by atoms with van der Waals surface area (Å²) in [6, 6.07) is -0.371. The predicted octanol–water partition coefficient (Wildman–Crippen LogP) is 0.476. The van der Waals surface area contributed by atoms with Gasteiger partial charge < -0.3 is 20.6 Å². The molecule has 0 radical (unpaired) electrons. The minimum Gasteiger partial charge on any atom is -0.391 e. The summed E-state index contributed by atoms with van der Waals surface area (Å²) in [5.74, 6) is 0. The van der Waals surface area contributed by atoms with E-state index in [1.807, 2.05) is 0 Å². The summed E-state index contributed by atoms with van der Waals surface area (Å²) in [5, 5.41) is 33.7. The average Bonchev–Trinajstić information content (AvgIpc) is 2.84. The van der Waals surface area contributed by atoms with Crippen LogP contribution in [0.3, 0.4) is 0 Å². The van der Waals surface area contributed by atoms with E-state index in [9.17, 15) is 15.3 Å². The molecule has 5 atom stereocenters. The molecule has 4 N–H and O–H groups in total. The van der Waals surface area contributed by atoms with Gasteiger partial charge in [0, 0.05) is 19.1 Å². The van der Waals surface area contributed by atoms with Gasteiger partial charge in [0.25, 0.3) is 0 Å². The number of hydrogen-bond donors (Lipinski definition) is 4. The predicted molar refractivity (Wildman–Crippen MR) is 83.2 cm³/mol. The Bertz CT molecular complexity index is 303. The van der Waals surface area contributed by atoms with Crippen molar-refractivity contribution in [3.05, 3.63) is 0 Å². The Morgan fingerprint density at radius 2 is 1.71 bits per heavy atom. The monoisotopic (exact) mass is 300 g/mol. The highest BCUT2D eigenvalue weighted by Gasteiger charge is 2.47. The van der Waals surface area contributed by atoms with Crippen LogP contribution in [0, 0.1) is 0 Å². The second-order valence-corrected chi connectivity index (χ2v) is 6.65. The molecular weight excluding hydrogens is 268 g/mol. The minimum absolute atomic E-state index is 0.0859. The van der Waals surface area contributed by atoms with Crippen molar-refractivity contribution < 1.29 is 15.3 Å². The van der Waals surface area contributed by atoms with Crippen molar-refractivity contribution >= 4 is 0 Å². The first-order chi connectivity index (χ1) is 10.1. The van der Waals surface area contributed by atoms with E-state index in [0.29, 0.717) is 6.42 Å². The fourth-order valence-corrected chi connectivity index (χ4v) is 3.70. The van der Waals surface area contributed by atoms with Crippen molar-refractivity contribution in [3.8, 4) is 0 Å². The topological polar surface area (TPSA) is 76.0 Å². The van der Waals surface area contributed by atoms with Gasteiger partial charge in [-0.05, 0) is 19.4 Å². The Balaban J connectivity index is 1.67. The molecule has 0 aromatic heterocycles. The molecule has 0 aromatic carbocycles. The van der Waals surface area contributed by atoms with E-state index in [-0.39, 0.29) is 12.1 Å². The van der Waals surface area contributed by atoms with Gasteiger partial charge in [-0.25, -0.2) is 0 Å². The van der Waals surface area contributed by atoms with Gasteiger partial charge in [-0.15, -0.1) is 0 Å². The molecule has 5 heteroatoms.